The molecular weight excluding hydrogens is 270 g/mol. The minimum atomic E-state index is -3.53. The van der Waals surface area contributed by atoms with Crippen molar-refractivity contribution in [3.63, 3.8) is 0 Å². The molecule has 0 radical (unpaired) electrons. The molecule has 0 aromatic carbocycles. The predicted molar refractivity (Wildman–Crippen MR) is 72.6 cm³/mol. The van der Waals surface area contributed by atoms with Gasteiger partial charge in [0.15, 0.2) is 9.84 Å². The lowest BCUT2D eigenvalue weighted by molar-refractivity contribution is -0.139. The number of sulfone groups is 1. The second-order valence-electron chi connectivity index (χ2n) is 5.05. The fourth-order valence-corrected chi connectivity index (χ4v) is 2.85. The molecule has 0 heterocycles. The number of hydrogen-bond acceptors (Lipinski definition) is 4. The second kappa shape index (κ2) is 6.88. The smallest absolute Gasteiger partial charge is 0.305 e. The van der Waals surface area contributed by atoms with Crippen molar-refractivity contribution in [2.75, 3.05) is 6.54 Å². The SMILES string of the molecule is CC(C)N(CCC(=O)O)C(=O)[C@@H](C)S(=O)(=O)C(C)C. The average molecular weight is 293 g/mol. The molecule has 0 saturated carbocycles. The van der Waals surface area contributed by atoms with Crippen molar-refractivity contribution >= 4 is 21.7 Å². The third-order valence-corrected chi connectivity index (χ3v) is 5.47. The van der Waals surface area contributed by atoms with E-state index in [1.54, 1.807) is 13.8 Å². The van der Waals surface area contributed by atoms with Crippen LogP contribution in [-0.4, -0.2) is 53.4 Å². The predicted octanol–water partition coefficient (Wildman–Crippen LogP) is 0.910. The Morgan fingerprint density at radius 2 is 1.58 bits per heavy atom. The number of carboxylic acid groups (broad SMARTS) is 1. The van der Waals surface area contributed by atoms with Gasteiger partial charge in [0.05, 0.1) is 11.7 Å². The van der Waals surface area contributed by atoms with E-state index in [0.717, 1.165) is 0 Å². The summed E-state index contributed by atoms with van der Waals surface area (Å²) < 4.78 is 23.9. The molecule has 0 aromatic heterocycles. The van der Waals surface area contributed by atoms with Crippen molar-refractivity contribution in [2.45, 2.75) is 57.6 Å². The highest BCUT2D eigenvalue weighted by Gasteiger charge is 2.34. The minimum Gasteiger partial charge on any atom is -0.481 e. The Hall–Kier alpha value is -1.11. The molecule has 0 bridgehead atoms. The number of hydrogen-bond donors (Lipinski definition) is 1. The van der Waals surface area contributed by atoms with E-state index in [4.69, 9.17) is 5.11 Å². The van der Waals surface area contributed by atoms with Crippen LogP contribution >= 0.6 is 0 Å². The molecule has 0 saturated heterocycles. The van der Waals surface area contributed by atoms with Gasteiger partial charge in [0.25, 0.3) is 0 Å². The van der Waals surface area contributed by atoms with Gasteiger partial charge in [-0.3, -0.25) is 9.59 Å². The highest BCUT2D eigenvalue weighted by molar-refractivity contribution is 7.93. The van der Waals surface area contributed by atoms with E-state index in [1.165, 1.54) is 25.7 Å². The third kappa shape index (κ3) is 4.81. The largest absolute Gasteiger partial charge is 0.481 e. The lowest BCUT2D eigenvalue weighted by Crippen LogP contribution is -2.47. The molecule has 19 heavy (non-hydrogen) atoms. The molecule has 7 heteroatoms. The van der Waals surface area contributed by atoms with Gasteiger partial charge in [-0.05, 0) is 34.6 Å². The highest BCUT2D eigenvalue weighted by atomic mass is 32.2. The second-order valence-corrected chi connectivity index (χ2v) is 7.88. The fraction of sp³-hybridized carbons (Fsp3) is 0.833. The van der Waals surface area contributed by atoms with Gasteiger partial charge in [0, 0.05) is 12.6 Å². The summed E-state index contributed by atoms with van der Waals surface area (Å²) in [7, 11) is -3.53. The summed E-state index contributed by atoms with van der Waals surface area (Å²) in [5, 5.41) is 6.87. The zero-order chi connectivity index (χ0) is 15.4. The van der Waals surface area contributed by atoms with Crippen molar-refractivity contribution in [1.29, 1.82) is 0 Å². The van der Waals surface area contributed by atoms with Crippen LogP contribution in [0.2, 0.25) is 0 Å². The molecule has 0 rings (SSSR count). The Morgan fingerprint density at radius 1 is 1.11 bits per heavy atom. The monoisotopic (exact) mass is 293 g/mol. The van der Waals surface area contributed by atoms with E-state index >= 15 is 0 Å². The Morgan fingerprint density at radius 3 is 1.89 bits per heavy atom. The Labute approximate surface area is 114 Å². The van der Waals surface area contributed by atoms with Gasteiger partial charge in [-0.2, -0.15) is 0 Å². The number of aliphatic carboxylic acids is 1. The molecule has 0 unspecified atom stereocenters. The summed E-state index contributed by atoms with van der Waals surface area (Å²) >= 11 is 0. The van der Waals surface area contributed by atoms with E-state index < -0.39 is 32.2 Å². The number of amides is 1. The molecule has 0 fully saturated rings. The summed E-state index contributed by atoms with van der Waals surface area (Å²) in [6, 6.07) is -0.239. The van der Waals surface area contributed by atoms with Gasteiger partial charge < -0.3 is 10.0 Å². The van der Waals surface area contributed by atoms with Crippen molar-refractivity contribution < 1.29 is 23.1 Å². The maximum absolute atomic E-state index is 12.2. The third-order valence-electron chi connectivity index (χ3n) is 2.97. The summed E-state index contributed by atoms with van der Waals surface area (Å²) in [5.41, 5.74) is 0. The quantitative estimate of drug-likeness (QED) is 0.753. The van der Waals surface area contributed by atoms with Crippen LogP contribution in [-0.2, 0) is 19.4 Å². The first kappa shape index (κ1) is 17.9. The van der Waals surface area contributed by atoms with Gasteiger partial charge in [-0.25, -0.2) is 8.42 Å². The number of carboxylic acids is 1. The molecule has 1 amide bonds. The zero-order valence-corrected chi connectivity index (χ0v) is 12.9. The Balaban J connectivity index is 5.06. The van der Waals surface area contributed by atoms with Crippen LogP contribution in [0.1, 0.15) is 41.0 Å². The first-order chi connectivity index (χ1) is 8.51. The molecule has 112 valence electrons. The van der Waals surface area contributed by atoms with Gasteiger partial charge in [-0.15, -0.1) is 0 Å². The van der Waals surface area contributed by atoms with Crippen LogP contribution < -0.4 is 0 Å². The maximum Gasteiger partial charge on any atom is 0.305 e. The molecule has 1 N–H and O–H groups in total. The van der Waals surface area contributed by atoms with Crippen molar-refractivity contribution in [1.82, 2.24) is 4.90 Å². The summed E-state index contributed by atoms with van der Waals surface area (Å²) in [6.45, 7) is 7.88. The van der Waals surface area contributed by atoms with Crippen LogP contribution in [0, 0.1) is 0 Å². The lowest BCUT2D eigenvalue weighted by Gasteiger charge is -2.29. The molecule has 6 nitrogen and oxygen atoms in total. The summed E-state index contributed by atoms with van der Waals surface area (Å²) in [6.07, 6.45) is -0.196. The van der Waals surface area contributed by atoms with Crippen LogP contribution in [0.25, 0.3) is 0 Å². The summed E-state index contributed by atoms with van der Waals surface area (Å²) in [5.74, 6) is -1.55. The molecule has 0 aliphatic carbocycles. The normalized spacial score (nSPS) is 13.6. The number of rotatable bonds is 7. The Bertz CT molecular complexity index is 427. The molecule has 0 spiro atoms. The zero-order valence-electron chi connectivity index (χ0n) is 12.1. The van der Waals surface area contributed by atoms with E-state index in [0.29, 0.717) is 0 Å². The van der Waals surface area contributed by atoms with E-state index in [2.05, 4.69) is 0 Å². The topological polar surface area (TPSA) is 91.8 Å². The number of carbonyl (C=O) groups excluding carboxylic acids is 1. The van der Waals surface area contributed by atoms with E-state index in [9.17, 15) is 18.0 Å². The molecule has 0 aromatic rings. The first-order valence-corrected chi connectivity index (χ1v) is 7.87. The standard InChI is InChI=1S/C12H23NO5S/c1-8(2)13(7-6-11(14)15)12(16)10(5)19(17,18)9(3)4/h8-10H,6-7H2,1-5H3,(H,14,15)/t10-/m1/s1. The van der Waals surface area contributed by atoms with Crippen LogP contribution in [0.3, 0.4) is 0 Å². The molecular formula is C12H23NO5S. The lowest BCUT2D eigenvalue weighted by atomic mass is 10.2. The minimum absolute atomic E-state index is 0.0176. The molecule has 0 aliphatic heterocycles. The summed E-state index contributed by atoms with van der Waals surface area (Å²) in [4.78, 5) is 24.1. The van der Waals surface area contributed by atoms with E-state index in [-0.39, 0.29) is 19.0 Å². The highest BCUT2D eigenvalue weighted by Crippen LogP contribution is 2.14. The average Bonchev–Trinajstić information content (AvgIpc) is 2.26. The van der Waals surface area contributed by atoms with Crippen LogP contribution in [0.15, 0.2) is 0 Å². The molecule has 1 atom stereocenters. The van der Waals surface area contributed by atoms with Crippen molar-refractivity contribution in [3.8, 4) is 0 Å². The fourth-order valence-electron chi connectivity index (χ4n) is 1.62. The van der Waals surface area contributed by atoms with Gasteiger partial charge in [0.2, 0.25) is 5.91 Å². The van der Waals surface area contributed by atoms with Crippen molar-refractivity contribution in [3.05, 3.63) is 0 Å². The number of nitrogens with zero attached hydrogens (tertiary/aromatic N) is 1. The van der Waals surface area contributed by atoms with E-state index in [1.807, 2.05) is 0 Å². The van der Waals surface area contributed by atoms with Gasteiger partial charge in [0.1, 0.15) is 5.25 Å². The van der Waals surface area contributed by atoms with Crippen molar-refractivity contribution in [2.24, 2.45) is 0 Å². The van der Waals surface area contributed by atoms with Crippen LogP contribution in [0.4, 0.5) is 0 Å². The first-order valence-electron chi connectivity index (χ1n) is 6.26. The van der Waals surface area contributed by atoms with Gasteiger partial charge >= 0.3 is 5.97 Å². The number of carbonyl (C=O) groups is 2. The maximum atomic E-state index is 12.2. The van der Waals surface area contributed by atoms with Gasteiger partial charge in [-0.1, -0.05) is 0 Å². The molecule has 0 aliphatic rings. The van der Waals surface area contributed by atoms with Crippen LogP contribution in [0.5, 0.6) is 0 Å². The Kier molecular flexibility index (Phi) is 6.48.